The number of aliphatic imine (C=N–C) groups is 1. The van der Waals surface area contributed by atoms with E-state index < -0.39 is 0 Å². The van der Waals surface area contributed by atoms with Crippen molar-refractivity contribution in [3.8, 4) is 0 Å². The number of aryl methyl sites for hydroxylation is 1. The van der Waals surface area contributed by atoms with E-state index in [-0.39, 0.29) is 24.0 Å². The van der Waals surface area contributed by atoms with Gasteiger partial charge in [-0.2, -0.15) is 0 Å². The van der Waals surface area contributed by atoms with Crippen LogP contribution in [-0.2, 0) is 6.54 Å². The maximum atomic E-state index is 4.87. The van der Waals surface area contributed by atoms with E-state index in [2.05, 4.69) is 93.9 Å². The monoisotopic (exact) mass is 546 g/mol. The summed E-state index contributed by atoms with van der Waals surface area (Å²) in [4.78, 5) is 14.3. The van der Waals surface area contributed by atoms with Crippen LogP contribution in [0.1, 0.15) is 31.0 Å². The number of rotatable bonds is 6. The van der Waals surface area contributed by atoms with Crippen molar-refractivity contribution in [2.45, 2.75) is 39.3 Å². The first-order valence-electron chi connectivity index (χ1n) is 11.4. The lowest BCUT2D eigenvalue weighted by Crippen LogP contribution is -2.48. The van der Waals surface area contributed by atoms with E-state index in [0.717, 1.165) is 63.0 Å². The second kappa shape index (κ2) is 12.1. The molecule has 32 heavy (non-hydrogen) atoms. The summed E-state index contributed by atoms with van der Waals surface area (Å²) in [6.45, 7) is 9.72. The number of halogens is 1. The van der Waals surface area contributed by atoms with Gasteiger partial charge in [0, 0.05) is 50.1 Å². The molecule has 0 spiro atoms. The van der Waals surface area contributed by atoms with Crippen LogP contribution >= 0.6 is 24.0 Å². The third kappa shape index (κ3) is 6.60. The molecule has 0 radical (unpaired) electrons. The number of benzene rings is 1. The smallest absolute Gasteiger partial charge is 0.191 e. The molecular formula is C25H35IN6. The summed E-state index contributed by atoms with van der Waals surface area (Å²) < 4.78 is 0. The Morgan fingerprint density at radius 1 is 1.06 bits per heavy atom. The van der Waals surface area contributed by atoms with Crippen LogP contribution < -0.4 is 20.4 Å². The Balaban J connectivity index is 0.00000289. The van der Waals surface area contributed by atoms with Gasteiger partial charge in [0.15, 0.2) is 5.96 Å². The van der Waals surface area contributed by atoms with Crippen molar-refractivity contribution >= 4 is 41.4 Å². The predicted octanol–water partition coefficient (Wildman–Crippen LogP) is 4.11. The van der Waals surface area contributed by atoms with Gasteiger partial charge in [-0.25, -0.2) is 9.98 Å². The number of hydrogen-bond acceptors (Lipinski definition) is 4. The zero-order chi connectivity index (χ0) is 21.5. The van der Waals surface area contributed by atoms with Crippen LogP contribution in [0.4, 0.5) is 11.5 Å². The zero-order valence-corrected chi connectivity index (χ0v) is 21.5. The Bertz CT molecular complexity index is 912. The maximum absolute atomic E-state index is 4.87. The SMILES string of the molecule is CCNC(=NCc1cccc(N2CC=CC2)c1)NC1CCN(c2cccc(C)n2)CC1.I. The minimum atomic E-state index is 0. The van der Waals surface area contributed by atoms with Gasteiger partial charge in [0.2, 0.25) is 0 Å². The number of aromatic nitrogens is 1. The second-order valence-corrected chi connectivity index (χ2v) is 8.28. The minimum Gasteiger partial charge on any atom is -0.364 e. The second-order valence-electron chi connectivity index (χ2n) is 8.28. The average molecular weight is 547 g/mol. The molecule has 1 aromatic heterocycles. The molecule has 2 aliphatic rings. The van der Waals surface area contributed by atoms with Gasteiger partial charge in [-0.1, -0.05) is 30.4 Å². The number of hydrogen-bond donors (Lipinski definition) is 2. The molecule has 3 heterocycles. The number of pyridine rings is 1. The van der Waals surface area contributed by atoms with Crippen molar-refractivity contribution in [1.29, 1.82) is 0 Å². The van der Waals surface area contributed by atoms with Gasteiger partial charge in [0.25, 0.3) is 0 Å². The van der Waals surface area contributed by atoms with E-state index in [4.69, 9.17) is 4.99 Å². The molecule has 6 nitrogen and oxygen atoms in total. The Hall–Kier alpha value is -2.29. The predicted molar refractivity (Wildman–Crippen MR) is 145 cm³/mol. The van der Waals surface area contributed by atoms with Crippen LogP contribution in [0.2, 0.25) is 0 Å². The fraction of sp³-hybridized carbons (Fsp3) is 0.440. The molecule has 1 saturated heterocycles. The summed E-state index contributed by atoms with van der Waals surface area (Å²) >= 11 is 0. The maximum Gasteiger partial charge on any atom is 0.191 e. The van der Waals surface area contributed by atoms with Crippen LogP contribution in [0, 0.1) is 6.92 Å². The molecule has 1 fully saturated rings. The summed E-state index contributed by atoms with van der Waals surface area (Å²) in [6, 6.07) is 15.4. The number of nitrogens with one attached hydrogen (secondary N) is 2. The molecular weight excluding hydrogens is 511 g/mol. The highest BCUT2D eigenvalue weighted by Crippen LogP contribution is 2.20. The number of piperidine rings is 1. The fourth-order valence-electron chi connectivity index (χ4n) is 4.18. The highest BCUT2D eigenvalue weighted by molar-refractivity contribution is 14.0. The van der Waals surface area contributed by atoms with Gasteiger partial charge in [-0.3, -0.25) is 0 Å². The first-order valence-corrected chi connectivity index (χ1v) is 11.4. The molecule has 0 atom stereocenters. The first-order chi connectivity index (χ1) is 15.2. The van der Waals surface area contributed by atoms with Crippen LogP contribution in [0.15, 0.2) is 59.6 Å². The van der Waals surface area contributed by atoms with Crippen molar-refractivity contribution in [3.63, 3.8) is 0 Å². The molecule has 2 N–H and O–H groups in total. The van der Waals surface area contributed by atoms with E-state index >= 15 is 0 Å². The van der Waals surface area contributed by atoms with Gasteiger partial charge < -0.3 is 20.4 Å². The van der Waals surface area contributed by atoms with E-state index in [0.29, 0.717) is 12.6 Å². The molecule has 2 aliphatic heterocycles. The topological polar surface area (TPSA) is 55.8 Å². The van der Waals surface area contributed by atoms with E-state index in [1.807, 2.05) is 0 Å². The molecule has 0 saturated carbocycles. The Morgan fingerprint density at radius 3 is 2.53 bits per heavy atom. The minimum absolute atomic E-state index is 0. The first kappa shape index (κ1) is 24.4. The van der Waals surface area contributed by atoms with Gasteiger partial charge in [-0.05, 0) is 56.5 Å². The Morgan fingerprint density at radius 2 is 1.81 bits per heavy atom. The van der Waals surface area contributed by atoms with Crippen molar-refractivity contribution in [2.24, 2.45) is 4.99 Å². The third-order valence-corrected chi connectivity index (χ3v) is 5.89. The molecule has 1 aromatic carbocycles. The summed E-state index contributed by atoms with van der Waals surface area (Å²) in [5.74, 6) is 2.00. The Labute approximate surface area is 209 Å². The van der Waals surface area contributed by atoms with E-state index in [1.165, 1.54) is 11.3 Å². The normalized spacial score (nSPS) is 16.8. The summed E-state index contributed by atoms with van der Waals surface area (Å²) in [5, 5.41) is 7.06. The Kier molecular flexibility index (Phi) is 9.20. The van der Waals surface area contributed by atoms with Crippen molar-refractivity contribution in [2.75, 3.05) is 42.5 Å². The molecule has 172 valence electrons. The van der Waals surface area contributed by atoms with Crippen LogP contribution in [0.25, 0.3) is 0 Å². The van der Waals surface area contributed by atoms with Crippen LogP contribution in [-0.4, -0.2) is 49.7 Å². The molecule has 7 heteroatoms. The summed E-state index contributed by atoms with van der Waals surface area (Å²) in [5.41, 5.74) is 3.58. The van der Waals surface area contributed by atoms with Gasteiger partial charge in [-0.15, -0.1) is 24.0 Å². The number of nitrogens with zero attached hydrogens (tertiary/aromatic N) is 4. The standard InChI is InChI=1S/C25H34N6.HI/c1-3-26-25(27-19-21-9-7-10-23(18-21)30-14-4-5-15-30)29-22-12-16-31(17-13-22)24-11-6-8-20(2)28-24;/h4-11,18,22H,3,12-17,19H2,1-2H3,(H2,26,27,29);1H. The quantitative estimate of drug-likeness (QED) is 0.247. The zero-order valence-electron chi connectivity index (χ0n) is 19.1. The number of guanidine groups is 1. The summed E-state index contributed by atoms with van der Waals surface area (Å²) in [7, 11) is 0. The van der Waals surface area contributed by atoms with Crippen LogP contribution in [0.3, 0.4) is 0 Å². The summed E-state index contributed by atoms with van der Waals surface area (Å²) in [6.07, 6.45) is 6.60. The molecule has 0 bridgehead atoms. The lowest BCUT2D eigenvalue weighted by atomic mass is 10.1. The van der Waals surface area contributed by atoms with Gasteiger partial charge in [0.1, 0.15) is 5.82 Å². The molecule has 0 unspecified atom stereocenters. The third-order valence-electron chi connectivity index (χ3n) is 5.89. The molecule has 0 aliphatic carbocycles. The number of anilines is 2. The van der Waals surface area contributed by atoms with Gasteiger partial charge in [0.05, 0.1) is 6.54 Å². The lowest BCUT2D eigenvalue weighted by molar-refractivity contribution is 0.459. The van der Waals surface area contributed by atoms with Crippen molar-refractivity contribution in [1.82, 2.24) is 15.6 Å². The molecule has 2 aromatic rings. The van der Waals surface area contributed by atoms with Crippen LogP contribution in [0.5, 0.6) is 0 Å². The van der Waals surface area contributed by atoms with Crippen molar-refractivity contribution in [3.05, 3.63) is 65.9 Å². The average Bonchev–Trinajstić information content (AvgIpc) is 3.33. The van der Waals surface area contributed by atoms with Gasteiger partial charge >= 0.3 is 0 Å². The van der Waals surface area contributed by atoms with E-state index in [1.54, 1.807) is 0 Å². The largest absolute Gasteiger partial charge is 0.364 e. The van der Waals surface area contributed by atoms with E-state index in [9.17, 15) is 0 Å². The lowest BCUT2D eigenvalue weighted by Gasteiger charge is -2.34. The fourth-order valence-corrected chi connectivity index (χ4v) is 4.18. The molecule has 4 rings (SSSR count). The highest BCUT2D eigenvalue weighted by Gasteiger charge is 2.21. The van der Waals surface area contributed by atoms with Crippen molar-refractivity contribution < 1.29 is 0 Å². The molecule has 0 amide bonds. The highest BCUT2D eigenvalue weighted by atomic mass is 127.